The van der Waals surface area contributed by atoms with Crippen molar-refractivity contribution in [3.63, 3.8) is 0 Å². The van der Waals surface area contributed by atoms with E-state index in [0.29, 0.717) is 10.7 Å². The van der Waals surface area contributed by atoms with Gasteiger partial charge < -0.3 is 4.98 Å². The SMILES string of the molecule is CSc1nc(-c2ccc(F)cc2Cl)c(C#N)c(=O)[nH]1. The molecule has 0 amide bonds. The predicted molar refractivity (Wildman–Crippen MR) is 71.8 cm³/mol. The van der Waals surface area contributed by atoms with E-state index in [0.717, 1.165) is 6.07 Å². The molecule has 0 spiro atoms. The fourth-order valence-corrected chi connectivity index (χ4v) is 2.16. The van der Waals surface area contributed by atoms with Gasteiger partial charge in [-0.1, -0.05) is 23.4 Å². The average molecular weight is 296 g/mol. The largest absolute Gasteiger partial charge is 0.300 e. The molecule has 0 aliphatic carbocycles. The molecule has 1 aromatic heterocycles. The Bertz CT molecular complexity index is 739. The minimum Gasteiger partial charge on any atom is -0.300 e. The average Bonchev–Trinajstić information content (AvgIpc) is 2.37. The second kappa shape index (κ2) is 5.43. The van der Waals surface area contributed by atoms with Crippen molar-refractivity contribution in [1.29, 1.82) is 5.26 Å². The van der Waals surface area contributed by atoms with Gasteiger partial charge in [0.05, 0.1) is 10.7 Å². The molecule has 96 valence electrons. The van der Waals surface area contributed by atoms with Crippen molar-refractivity contribution in [3.05, 3.63) is 45.0 Å². The molecule has 2 rings (SSSR count). The summed E-state index contributed by atoms with van der Waals surface area (Å²) in [5, 5.41) is 9.49. The fraction of sp³-hybridized carbons (Fsp3) is 0.0833. The maximum atomic E-state index is 13.0. The molecule has 19 heavy (non-hydrogen) atoms. The van der Waals surface area contributed by atoms with Crippen LogP contribution in [0.2, 0.25) is 5.02 Å². The van der Waals surface area contributed by atoms with Crippen LogP contribution in [0.4, 0.5) is 4.39 Å². The highest BCUT2D eigenvalue weighted by atomic mass is 35.5. The smallest absolute Gasteiger partial charge is 0.270 e. The standard InChI is InChI=1S/C12H7ClFN3OS/c1-19-12-16-10(8(5-15)11(18)17-12)7-3-2-6(14)4-9(7)13/h2-4H,1H3,(H,16,17,18). The summed E-state index contributed by atoms with van der Waals surface area (Å²) in [6.07, 6.45) is 1.74. The second-order valence-corrected chi connectivity index (χ2v) is 4.74. The van der Waals surface area contributed by atoms with Crippen LogP contribution in [0, 0.1) is 17.1 Å². The van der Waals surface area contributed by atoms with Gasteiger partial charge in [0.1, 0.15) is 17.4 Å². The van der Waals surface area contributed by atoms with E-state index in [1.807, 2.05) is 0 Å². The summed E-state index contributed by atoms with van der Waals surface area (Å²) in [5.74, 6) is -0.498. The number of aromatic nitrogens is 2. The van der Waals surface area contributed by atoms with Crippen LogP contribution in [-0.2, 0) is 0 Å². The molecule has 0 atom stereocenters. The summed E-state index contributed by atoms with van der Waals surface area (Å²) >= 11 is 7.16. The van der Waals surface area contributed by atoms with Crippen molar-refractivity contribution in [2.24, 2.45) is 0 Å². The Morgan fingerprint density at radius 1 is 1.53 bits per heavy atom. The van der Waals surface area contributed by atoms with Crippen molar-refractivity contribution < 1.29 is 4.39 Å². The van der Waals surface area contributed by atoms with Crippen molar-refractivity contribution in [3.8, 4) is 17.3 Å². The molecule has 0 unspecified atom stereocenters. The minimum atomic E-state index is -0.544. The Kier molecular flexibility index (Phi) is 3.88. The van der Waals surface area contributed by atoms with Crippen LogP contribution in [0.1, 0.15) is 5.56 Å². The van der Waals surface area contributed by atoms with Crippen molar-refractivity contribution in [1.82, 2.24) is 9.97 Å². The van der Waals surface area contributed by atoms with Crippen molar-refractivity contribution in [2.75, 3.05) is 6.26 Å². The first kappa shape index (κ1) is 13.6. The highest BCUT2D eigenvalue weighted by Crippen LogP contribution is 2.29. The monoisotopic (exact) mass is 295 g/mol. The molecule has 2 aromatic rings. The number of rotatable bonds is 2. The molecule has 0 radical (unpaired) electrons. The van der Waals surface area contributed by atoms with Crippen LogP contribution in [0.3, 0.4) is 0 Å². The molecule has 0 aliphatic heterocycles. The van der Waals surface area contributed by atoms with E-state index in [-0.39, 0.29) is 16.3 Å². The first-order valence-electron chi connectivity index (χ1n) is 5.10. The van der Waals surface area contributed by atoms with E-state index in [1.165, 1.54) is 23.9 Å². The summed E-state index contributed by atoms with van der Waals surface area (Å²) in [6.45, 7) is 0. The van der Waals surface area contributed by atoms with Gasteiger partial charge in [-0.2, -0.15) is 5.26 Å². The molecule has 4 nitrogen and oxygen atoms in total. The summed E-state index contributed by atoms with van der Waals surface area (Å²) in [7, 11) is 0. The van der Waals surface area contributed by atoms with E-state index in [9.17, 15) is 9.18 Å². The van der Waals surface area contributed by atoms with Crippen molar-refractivity contribution in [2.45, 2.75) is 5.16 Å². The van der Waals surface area contributed by atoms with Gasteiger partial charge in [0, 0.05) is 5.56 Å². The molecule has 1 heterocycles. The summed E-state index contributed by atoms with van der Waals surface area (Å²) in [6, 6.07) is 5.49. The maximum Gasteiger partial charge on any atom is 0.270 e. The number of benzene rings is 1. The van der Waals surface area contributed by atoms with E-state index < -0.39 is 11.4 Å². The third kappa shape index (κ3) is 2.62. The van der Waals surface area contributed by atoms with E-state index in [2.05, 4.69) is 9.97 Å². The Hall–Kier alpha value is -1.84. The molecule has 1 aromatic carbocycles. The second-order valence-electron chi connectivity index (χ2n) is 3.53. The van der Waals surface area contributed by atoms with Crippen LogP contribution >= 0.6 is 23.4 Å². The highest BCUT2D eigenvalue weighted by Gasteiger charge is 2.15. The molecular formula is C12H7ClFN3OS. The van der Waals surface area contributed by atoms with E-state index in [1.54, 1.807) is 12.3 Å². The predicted octanol–water partition coefficient (Wildman–Crippen LogP) is 2.82. The van der Waals surface area contributed by atoms with Crippen LogP contribution in [0.15, 0.2) is 28.2 Å². The minimum absolute atomic E-state index is 0.0988. The highest BCUT2D eigenvalue weighted by molar-refractivity contribution is 7.98. The Labute approximate surface area is 117 Å². The lowest BCUT2D eigenvalue weighted by atomic mass is 10.1. The molecular weight excluding hydrogens is 289 g/mol. The number of halogens is 2. The Morgan fingerprint density at radius 3 is 2.84 bits per heavy atom. The van der Waals surface area contributed by atoms with Crippen LogP contribution in [0.25, 0.3) is 11.3 Å². The van der Waals surface area contributed by atoms with Crippen LogP contribution in [-0.4, -0.2) is 16.2 Å². The zero-order valence-electron chi connectivity index (χ0n) is 9.70. The quantitative estimate of drug-likeness (QED) is 0.683. The number of nitrogens with zero attached hydrogens (tertiary/aromatic N) is 2. The van der Waals surface area contributed by atoms with E-state index in [4.69, 9.17) is 16.9 Å². The van der Waals surface area contributed by atoms with Crippen LogP contribution in [0.5, 0.6) is 0 Å². The lowest BCUT2D eigenvalue weighted by Crippen LogP contribution is -2.14. The normalized spacial score (nSPS) is 10.2. The molecule has 1 N–H and O–H groups in total. The van der Waals surface area contributed by atoms with Gasteiger partial charge in [-0.25, -0.2) is 9.37 Å². The topological polar surface area (TPSA) is 69.5 Å². The molecule has 0 aliphatic rings. The van der Waals surface area contributed by atoms with Crippen molar-refractivity contribution >= 4 is 23.4 Å². The number of H-pyrrole nitrogens is 1. The Morgan fingerprint density at radius 2 is 2.26 bits per heavy atom. The summed E-state index contributed by atoms with van der Waals surface area (Å²) in [4.78, 5) is 18.4. The molecule has 0 fully saturated rings. The molecule has 7 heteroatoms. The number of hydrogen-bond donors (Lipinski definition) is 1. The first-order valence-corrected chi connectivity index (χ1v) is 6.71. The zero-order chi connectivity index (χ0) is 14.0. The van der Waals surface area contributed by atoms with Gasteiger partial charge in [0.25, 0.3) is 5.56 Å². The van der Waals surface area contributed by atoms with Gasteiger partial charge in [-0.05, 0) is 24.5 Å². The van der Waals surface area contributed by atoms with Crippen LogP contribution < -0.4 is 5.56 Å². The van der Waals surface area contributed by atoms with Gasteiger partial charge in [0.15, 0.2) is 5.16 Å². The van der Waals surface area contributed by atoms with Gasteiger partial charge in [-0.3, -0.25) is 4.79 Å². The zero-order valence-corrected chi connectivity index (χ0v) is 11.3. The maximum absolute atomic E-state index is 13.0. The lowest BCUT2D eigenvalue weighted by molar-refractivity contribution is 0.628. The number of aromatic amines is 1. The molecule has 0 saturated heterocycles. The number of nitriles is 1. The van der Waals surface area contributed by atoms with E-state index >= 15 is 0 Å². The van der Waals surface area contributed by atoms with Gasteiger partial charge in [-0.15, -0.1) is 0 Å². The number of hydrogen-bond acceptors (Lipinski definition) is 4. The molecule has 0 bridgehead atoms. The van der Waals surface area contributed by atoms with Gasteiger partial charge in [0.2, 0.25) is 0 Å². The third-order valence-electron chi connectivity index (χ3n) is 2.39. The molecule has 0 saturated carbocycles. The summed E-state index contributed by atoms with van der Waals surface area (Å²) in [5.41, 5.74) is -0.190. The lowest BCUT2D eigenvalue weighted by Gasteiger charge is -2.06. The summed E-state index contributed by atoms with van der Waals surface area (Å²) < 4.78 is 13.0. The first-order chi connectivity index (χ1) is 9.06. The van der Waals surface area contributed by atoms with Gasteiger partial charge >= 0.3 is 0 Å². The Balaban J connectivity index is 2.77. The third-order valence-corrected chi connectivity index (χ3v) is 3.28. The number of thioether (sulfide) groups is 1. The fourth-order valence-electron chi connectivity index (χ4n) is 1.53. The number of nitrogens with one attached hydrogen (secondary N) is 1.